The number of carbonyl (C=O) groups is 3. The molecule has 6 aromatic rings. The summed E-state index contributed by atoms with van der Waals surface area (Å²) in [4.78, 5) is 47.6. The Labute approximate surface area is 403 Å². The van der Waals surface area contributed by atoms with Gasteiger partial charge in [-0.2, -0.15) is 20.7 Å². The van der Waals surface area contributed by atoms with Crippen LogP contribution in [-0.2, 0) is 9.53 Å². The molecule has 6 aromatic heterocycles. The van der Waals surface area contributed by atoms with Gasteiger partial charge >= 0.3 is 5.97 Å². The van der Waals surface area contributed by atoms with E-state index in [0.29, 0.717) is 45.7 Å². The normalized spacial score (nSPS) is 18.1. The van der Waals surface area contributed by atoms with Gasteiger partial charge in [-0.1, -0.05) is 0 Å². The zero-order valence-corrected chi connectivity index (χ0v) is 40.5. The molecule has 0 aromatic carbocycles. The molecule has 69 heavy (non-hydrogen) atoms. The number of nitrogens with zero attached hydrogens (tertiary/aromatic N) is 8. The largest absolute Gasteiger partial charge is 0.460 e. The van der Waals surface area contributed by atoms with Gasteiger partial charge in [-0.15, -0.1) is 0 Å². The Morgan fingerprint density at radius 3 is 1.52 bits per heavy atom. The lowest BCUT2D eigenvalue weighted by molar-refractivity contribution is -0.156. The Kier molecular flexibility index (Phi) is 15.6. The third kappa shape index (κ3) is 12.8. The van der Waals surface area contributed by atoms with Crippen LogP contribution in [0.2, 0.25) is 0 Å². The van der Waals surface area contributed by atoms with Crippen molar-refractivity contribution in [1.82, 2.24) is 39.8 Å². The Hall–Kier alpha value is -7.37. The van der Waals surface area contributed by atoms with Crippen molar-refractivity contribution in [3.05, 3.63) is 95.6 Å². The predicted octanol–water partition coefficient (Wildman–Crippen LogP) is 8.20. The van der Waals surface area contributed by atoms with Gasteiger partial charge in [0.05, 0.1) is 79.8 Å². The number of anilines is 2. The summed E-state index contributed by atoms with van der Waals surface area (Å²) in [6.07, 6.45) is 13.8. The topological polar surface area (TPSA) is 243 Å². The molecule has 0 spiro atoms. The first-order valence-electron chi connectivity index (χ1n) is 23.9. The highest BCUT2D eigenvalue weighted by Gasteiger charge is 2.28. The van der Waals surface area contributed by atoms with Crippen LogP contribution in [-0.4, -0.2) is 82.8 Å². The lowest BCUT2D eigenvalue weighted by Crippen LogP contribution is -2.40. The Morgan fingerprint density at radius 2 is 1.12 bits per heavy atom. The minimum atomic E-state index is -0.473. The highest BCUT2D eigenvalue weighted by molar-refractivity contribution is 6.01. The van der Waals surface area contributed by atoms with Crippen molar-refractivity contribution in [3.8, 4) is 34.9 Å². The number of hydrogen-bond acceptors (Lipinski definition) is 13. The number of rotatable bonds is 12. The number of pyridine rings is 2. The molecule has 17 nitrogen and oxygen atoms in total. The summed E-state index contributed by atoms with van der Waals surface area (Å²) in [5, 5.41) is 40.1. The van der Waals surface area contributed by atoms with Crippen molar-refractivity contribution in [2.45, 2.75) is 142 Å². The summed E-state index contributed by atoms with van der Waals surface area (Å²) >= 11 is 0. The number of esters is 1. The quantitative estimate of drug-likeness (QED) is 0.0728. The van der Waals surface area contributed by atoms with E-state index in [0.717, 1.165) is 79.5 Å². The van der Waals surface area contributed by atoms with Gasteiger partial charge in [0.25, 0.3) is 11.8 Å². The second kappa shape index (κ2) is 21.7. The van der Waals surface area contributed by atoms with Crippen molar-refractivity contribution < 1.29 is 19.1 Å². The molecule has 6 heterocycles. The summed E-state index contributed by atoms with van der Waals surface area (Å²) in [6, 6.07) is 19.8. The number of amides is 2. The van der Waals surface area contributed by atoms with Crippen LogP contribution in [0.15, 0.2) is 73.3 Å². The molecule has 2 fully saturated rings. The van der Waals surface area contributed by atoms with Crippen molar-refractivity contribution in [2.24, 2.45) is 11.7 Å². The maximum Gasteiger partial charge on any atom is 0.306 e. The molecule has 2 amide bonds. The first-order chi connectivity index (χ1) is 33.0. The molecule has 8 rings (SSSR count). The Bertz CT molecular complexity index is 2880. The lowest BCUT2D eigenvalue weighted by atomic mass is 9.84. The number of nitrogens with one attached hydrogen (secondary N) is 4. The fraction of sp³-hybridized carbons (Fsp3) is 0.442. The van der Waals surface area contributed by atoms with E-state index >= 15 is 0 Å². The first kappa shape index (κ1) is 49.5. The van der Waals surface area contributed by atoms with Crippen LogP contribution in [0, 0.1) is 28.6 Å². The monoisotopic (exact) mass is 934 g/mol. The van der Waals surface area contributed by atoms with Crippen LogP contribution < -0.4 is 27.0 Å². The summed E-state index contributed by atoms with van der Waals surface area (Å²) in [5.74, 6) is -0.164. The second-order valence-corrected chi connectivity index (χ2v) is 19.7. The first-order valence-corrected chi connectivity index (χ1v) is 23.9. The van der Waals surface area contributed by atoms with Crippen LogP contribution in [0.5, 0.6) is 0 Å². The molecule has 0 radical (unpaired) electrons. The summed E-state index contributed by atoms with van der Waals surface area (Å²) in [6.45, 7) is 13.7. The molecule has 2 saturated carbocycles. The zero-order valence-electron chi connectivity index (χ0n) is 40.5. The summed E-state index contributed by atoms with van der Waals surface area (Å²) in [7, 11) is 0. The lowest BCUT2D eigenvalue weighted by Gasteiger charge is -2.29. The highest BCUT2D eigenvalue weighted by Crippen LogP contribution is 2.31. The Morgan fingerprint density at radius 1 is 0.681 bits per heavy atom. The number of nitriles is 2. The number of aromatic nitrogens is 6. The molecule has 0 bridgehead atoms. The van der Waals surface area contributed by atoms with E-state index in [9.17, 15) is 14.4 Å². The standard InChI is InChI=1S/C29H36N6O3.C23H27N7O/c1-18(2)33-24-14-25(26-11-10-22-12-20(15-30)16-32-35(22)26)31-17-23(24)28(37)34-21-8-6-19(7-9-21)13-27(36)38-29(3,4)5;1-14(2)28-20-10-21(22-8-7-18-9-15(11-24)12-27-30(18)22)26-13-19(20)23(31)29-17-5-3-16(25)4-6-17/h10-12,14,16-19,21H,6-9,13H2,1-5H3,(H,31,33)(H,34,37);7-10,12-14,16-17H,3-6,25H2,1-2H3,(H,26,28)(H,29,31). The van der Waals surface area contributed by atoms with Crippen LogP contribution in [0.3, 0.4) is 0 Å². The highest BCUT2D eigenvalue weighted by atomic mass is 16.6. The third-order valence-corrected chi connectivity index (χ3v) is 12.1. The van der Waals surface area contributed by atoms with E-state index < -0.39 is 5.60 Å². The SMILES string of the molecule is CC(C)Nc1cc(-c2ccc3cc(C#N)cnn23)ncc1C(=O)NC1CCC(CC(=O)OC(C)(C)C)CC1.CC(C)Nc1cc(-c2ccc3cc(C#N)cnn23)ncc1C(=O)NC1CCC(N)CC1. The number of carbonyl (C=O) groups excluding carboxylic acids is 3. The third-order valence-electron chi connectivity index (χ3n) is 12.1. The summed E-state index contributed by atoms with van der Waals surface area (Å²) < 4.78 is 8.94. The van der Waals surface area contributed by atoms with Crippen LogP contribution >= 0.6 is 0 Å². The molecule has 360 valence electrons. The van der Waals surface area contributed by atoms with Crippen LogP contribution in [0.25, 0.3) is 33.8 Å². The van der Waals surface area contributed by atoms with Crippen molar-refractivity contribution in [3.63, 3.8) is 0 Å². The smallest absolute Gasteiger partial charge is 0.306 e. The molecular formula is C52H63N13O4. The van der Waals surface area contributed by atoms with Gasteiger partial charge in [0, 0.05) is 49.0 Å². The average molecular weight is 934 g/mol. The molecule has 0 atom stereocenters. The fourth-order valence-corrected chi connectivity index (χ4v) is 8.84. The minimum absolute atomic E-state index is 0.0528. The fourth-order valence-electron chi connectivity index (χ4n) is 8.84. The van der Waals surface area contributed by atoms with E-state index in [1.54, 1.807) is 33.6 Å². The molecular weight excluding hydrogens is 871 g/mol. The maximum atomic E-state index is 13.3. The van der Waals surface area contributed by atoms with Gasteiger partial charge in [0.1, 0.15) is 17.7 Å². The second-order valence-electron chi connectivity index (χ2n) is 19.7. The van der Waals surface area contributed by atoms with Gasteiger partial charge in [0.15, 0.2) is 0 Å². The van der Waals surface area contributed by atoms with Crippen molar-refractivity contribution >= 4 is 40.2 Å². The van der Waals surface area contributed by atoms with E-state index in [1.165, 1.54) is 12.4 Å². The predicted molar refractivity (Wildman–Crippen MR) is 265 cm³/mol. The van der Waals surface area contributed by atoms with Gasteiger partial charge in [0.2, 0.25) is 0 Å². The van der Waals surface area contributed by atoms with E-state index in [1.807, 2.05) is 84.9 Å². The van der Waals surface area contributed by atoms with Crippen molar-refractivity contribution in [2.75, 3.05) is 10.6 Å². The van der Waals surface area contributed by atoms with Gasteiger partial charge in [-0.3, -0.25) is 24.4 Å². The number of ether oxygens (including phenoxy) is 1. The van der Waals surface area contributed by atoms with Gasteiger partial charge in [-0.25, -0.2) is 9.03 Å². The van der Waals surface area contributed by atoms with E-state index in [4.69, 9.17) is 21.0 Å². The Balaban J connectivity index is 0.000000208. The molecule has 0 saturated heterocycles. The molecule has 17 heteroatoms. The van der Waals surface area contributed by atoms with Gasteiger partial charge < -0.3 is 31.7 Å². The molecule has 0 unspecified atom stereocenters. The zero-order chi connectivity index (χ0) is 49.4. The van der Waals surface area contributed by atoms with E-state index in [2.05, 4.69) is 53.6 Å². The van der Waals surface area contributed by atoms with Crippen LogP contribution in [0.4, 0.5) is 11.4 Å². The average Bonchev–Trinajstić information content (AvgIpc) is 3.93. The van der Waals surface area contributed by atoms with Crippen LogP contribution in [0.1, 0.15) is 138 Å². The molecule has 2 aliphatic carbocycles. The molecule has 2 aliphatic rings. The molecule has 6 N–H and O–H groups in total. The summed E-state index contributed by atoms with van der Waals surface area (Å²) in [5.41, 5.74) is 13.5. The number of fused-ring (bicyclic) bond motifs is 2. The van der Waals surface area contributed by atoms with E-state index in [-0.39, 0.29) is 53.9 Å². The van der Waals surface area contributed by atoms with Crippen molar-refractivity contribution in [1.29, 1.82) is 10.5 Å². The number of hydrogen-bond donors (Lipinski definition) is 5. The molecule has 0 aliphatic heterocycles. The minimum Gasteiger partial charge on any atom is -0.460 e. The van der Waals surface area contributed by atoms with Gasteiger partial charge in [-0.05, 0) is 154 Å². The maximum absolute atomic E-state index is 13.3. The number of nitrogens with two attached hydrogens (primary N) is 1.